The molecule has 0 atom stereocenters. The van der Waals surface area contributed by atoms with Crippen LogP contribution < -0.4 is 0 Å². The van der Waals surface area contributed by atoms with Crippen molar-refractivity contribution in [1.82, 2.24) is 0 Å². The van der Waals surface area contributed by atoms with Gasteiger partial charge in [0.25, 0.3) is 0 Å². The van der Waals surface area contributed by atoms with Crippen LogP contribution in [0, 0.1) is 5.41 Å². The van der Waals surface area contributed by atoms with Crippen molar-refractivity contribution in [2.24, 2.45) is 5.41 Å². The zero-order valence-corrected chi connectivity index (χ0v) is 14.5. The molecular weight excluding hydrogens is 288 g/mol. The Morgan fingerprint density at radius 2 is 1.25 bits per heavy atom. The number of fused-ring (bicyclic) bond motifs is 5. The Bertz CT molecular complexity index is 1080. The average Bonchev–Trinajstić information content (AvgIpc) is 2.58. The predicted molar refractivity (Wildman–Crippen MR) is 107 cm³/mol. The van der Waals surface area contributed by atoms with Crippen molar-refractivity contribution in [2.75, 3.05) is 0 Å². The quantitative estimate of drug-likeness (QED) is 0.326. The molecule has 0 aromatic heterocycles. The lowest BCUT2D eigenvalue weighted by Gasteiger charge is -2.12. The van der Waals surface area contributed by atoms with Crippen molar-refractivity contribution in [2.45, 2.75) is 20.8 Å². The minimum atomic E-state index is 0.198. The van der Waals surface area contributed by atoms with Crippen molar-refractivity contribution in [3.05, 3.63) is 78.4 Å². The lowest BCUT2D eigenvalue weighted by molar-refractivity contribution is 0.547. The Balaban J connectivity index is 1.99. The highest BCUT2D eigenvalue weighted by Crippen LogP contribution is 2.32. The number of rotatable bonds is 1. The molecule has 0 saturated carbocycles. The van der Waals surface area contributed by atoms with Gasteiger partial charge in [0.15, 0.2) is 0 Å². The van der Waals surface area contributed by atoms with E-state index in [9.17, 15) is 0 Å². The summed E-state index contributed by atoms with van der Waals surface area (Å²) >= 11 is 0. The molecule has 0 radical (unpaired) electrons. The van der Waals surface area contributed by atoms with Gasteiger partial charge in [0, 0.05) is 0 Å². The van der Waals surface area contributed by atoms with E-state index < -0.39 is 0 Å². The van der Waals surface area contributed by atoms with Crippen molar-refractivity contribution in [3.8, 4) is 0 Å². The molecule has 0 bridgehead atoms. The van der Waals surface area contributed by atoms with Gasteiger partial charge < -0.3 is 0 Å². The maximum Gasteiger partial charge on any atom is -0.00987 e. The molecule has 0 heterocycles. The van der Waals surface area contributed by atoms with E-state index in [1.807, 2.05) is 0 Å². The molecule has 0 aliphatic heterocycles. The summed E-state index contributed by atoms with van der Waals surface area (Å²) < 4.78 is 0. The van der Waals surface area contributed by atoms with Gasteiger partial charge in [0.1, 0.15) is 0 Å². The van der Waals surface area contributed by atoms with E-state index in [1.165, 1.54) is 37.9 Å². The highest BCUT2D eigenvalue weighted by Gasteiger charge is 2.06. The summed E-state index contributed by atoms with van der Waals surface area (Å²) in [5, 5.41) is 7.91. The van der Waals surface area contributed by atoms with Crippen LogP contribution in [0.15, 0.2) is 72.8 Å². The molecule has 118 valence electrons. The van der Waals surface area contributed by atoms with Crippen LogP contribution in [0.25, 0.3) is 38.4 Å². The van der Waals surface area contributed by atoms with Gasteiger partial charge >= 0.3 is 0 Å². The van der Waals surface area contributed by atoms with Crippen molar-refractivity contribution >= 4 is 38.4 Å². The summed E-state index contributed by atoms with van der Waals surface area (Å²) in [4.78, 5) is 0. The van der Waals surface area contributed by atoms with Crippen LogP contribution in [0.5, 0.6) is 0 Å². The van der Waals surface area contributed by atoms with Gasteiger partial charge in [-0.3, -0.25) is 0 Å². The number of allylic oxidation sites excluding steroid dienone is 1. The summed E-state index contributed by atoms with van der Waals surface area (Å²) in [5.41, 5.74) is 1.46. The second kappa shape index (κ2) is 5.49. The first kappa shape index (κ1) is 15.0. The van der Waals surface area contributed by atoms with Gasteiger partial charge in [-0.15, -0.1) is 0 Å². The van der Waals surface area contributed by atoms with Gasteiger partial charge in [-0.2, -0.15) is 0 Å². The van der Waals surface area contributed by atoms with Crippen LogP contribution in [-0.4, -0.2) is 0 Å². The fourth-order valence-corrected chi connectivity index (χ4v) is 3.29. The fourth-order valence-electron chi connectivity index (χ4n) is 3.29. The van der Waals surface area contributed by atoms with E-state index in [4.69, 9.17) is 0 Å². The summed E-state index contributed by atoms with van der Waals surface area (Å²) in [6, 6.07) is 24.4. The molecule has 0 heteroatoms. The molecule has 0 aliphatic rings. The predicted octanol–water partition coefficient (Wildman–Crippen LogP) is 7.21. The van der Waals surface area contributed by atoms with E-state index >= 15 is 0 Å². The van der Waals surface area contributed by atoms with Crippen LogP contribution in [0.3, 0.4) is 0 Å². The second-order valence-corrected chi connectivity index (χ2v) is 7.63. The van der Waals surface area contributed by atoms with E-state index in [0.717, 1.165) is 0 Å². The largest absolute Gasteiger partial charge is 0.0785 e. The minimum absolute atomic E-state index is 0.198. The Kier molecular flexibility index (Phi) is 3.42. The molecule has 0 fully saturated rings. The molecule has 4 aromatic rings. The average molecular weight is 310 g/mol. The van der Waals surface area contributed by atoms with Crippen molar-refractivity contribution in [3.63, 3.8) is 0 Å². The van der Waals surface area contributed by atoms with Gasteiger partial charge in [-0.05, 0) is 49.4 Å². The monoisotopic (exact) mass is 310 g/mol. The van der Waals surface area contributed by atoms with Crippen LogP contribution in [-0.2, 0) is 0 Å². The first-order valence-corrected chi connectivity index (χ1v) is 8.55. The van der Waals surface area contributed by atoms with Crippen molar-refractivity contribution in [1.29, 1.82) is 0 Å². The fraction of sp³-hybridized carbons (Fsp3) is 0.167. The number of benzene rings is 4. The molecule has 0 unspecified atom stereocenters. The summed E-state index contributed by atoms with van der Waals surface area (Å²) in [5.74, 6) is 0. The molecule has 4 aromatic carbocycles. The molecule has 0 nitrogen and oxygen atoms in total. The standard InChI is InChI=1S/C24H22/c1-24(2,3)15-14-17-8-9-19-11-12-21-20-7-5-4-6-18(20)10-13-22(21)23(19)16-17/h4-16H,1-3H3/b15-14+. The third-order valence-electron chi connectivity index (χ3n) is 4.54. The SMILES string of the molecule is CC(C)(C)/C=C/c1ccc2ccc3c4ccccc4ccc3c2c1. The topological polar surface area (TPSA) is 0 Å². The minimum Gasteiger partial charge on any atom is -0.0785 e. The zero-order chi connectivity index (χ0) is 16.7. The third kappa shape index (κ3) is 2.69. The Hall–Kier alpha value is -2.60. The third-order valence-corrected chi connectivity index (χ3v) is 4.54. The maximum absolute atomic E-state index is 2.31. The Morgan fingerprint density at radius 3 is 2.00 bits per heavy atom. The van der Waals surface area contributed by atoms with Crippen LogP contribution in [0.4, 0.5) is 0 Å². The Labute approximate surface area is 143 Å². The van der Waals surface area contributed by atoms with Gasteiger partial charge in [0.05, 0.1) is 0 Å². The first-order valence-electron chi connectivity index (χ1n) is 8.55. The smallest absolute Gasteiger partial charge is 0.00987 e. The molecule has 4 rings (SSSR count). The van der Waals surface area contributed by atoms with E-state index in [-0.39, 0.29) is 5.41 Å². The number of hydrogen-bond acceptors (Lipinski definition) is 0. The zero-order valence-electron chi connectivity index (χ0n) is 14.5. The first-order chi connectivity index (χ1) is 11.5. The van der Waals surface area contributed by atoms with Gasteiger partial charge in [-0.25, -0.2) is 0 Å². The summed E-state index contributed by atoms with van der Waals surface area (Å²) in [7, 11) is 0. The molecular formula is C24H22. The second-order valence-electron chi connectivity index (χ2n) is 7.63. The van der Waals surface area contributed by atoms with Crippen LogP contribution >= 0.6 is 0 Å². The lowest BCUT2D eigenvalue weighted by atomic mass is 9.93. The van der Waals surface area contributed by atoms with Gasteiger partial charge in [-0.1, -0.05) is 93.6 Å². The highest BCUT2D eigenvalue weighted by molar-refractivity contribution is 6.17. The lowest BCUT2D eigenvalue weighted by Crippen LogP contribution is -1.97. The molecule has 0 aliphatic carbocycles. The molecule has 0 saturated heterocycles. The van der Waals surface area contributed by atoms with Crippen LogP contribution in [0.1, 0.15) is 26.3 Å². The van der Waals surface area contributed by atoms with Crippen LogP contribution in [0.2, 0.25) is 0 Å². The molecule has 0 spiro atoms. The van der Waals surface area contributed by atoms with E-state index in [1.54, 1.807) is 0 Å². The highest BCUT2D eigenvalue weighted by atomic mass is 14.1. The molecule has 0 amide bonds. The molecule has 0 N–H and O–H groups in total. The van der Waals surface area contributed by atoms with E-state index in [2.05, 4.69) is 99.7 Å². The summed E-state index contributed by atoms with van der Waals surface area (Å²) in [6.45, 7) is 6.68. The molecule has 24 heavy (non-hydrogen) atoms. The van der Waals surface area contributed by atoms with Crippen molar-refractivity contribution < 1.29 is 0 Å². The van der Waals surface area contributed by atoms with Gasteiger partial charge in [0.2, 0.25) is 0 Å². The maximum atomic E-state index is 2.31. The normalized spacial score (nSPS) is 12.6. The summed E-state index contributed by atoms with van der Waals surface area (Å²) in [6.07, 6.45) is 4.51. The number of hydrogen-bond donors (Lipinski definition) is 0. The van der Waals surface area contributed by atoms with E-state index in [0.29, 0.717) is 0 Å². The Morgan fingerprint density at radius 1 is 0.625 bits per heavy atom.